The first-order chi connectivity index (χ1) is 10.0. The van der Waals surface area contributed by atoms with Crippen molar-refractivity contribution < 1.29 is 14.6 Å². The van der Waals surface area contributed by atoms with Gasteiger partial charge in [0.25, 0.3) is 0 Å². The fourth-order valence-corrected chi connectivity index (χ4v) is 1.86. The van der Waals surface area contributed by atoms with E-state index in [0.29, 0.717) is 26.1 Å². The zero-order valence-corrected chi connectivity index (χ0v) is 13.1. The molecule has 0 aliphatic heterocycles. The second-order valence-electron chi connectivity index (χ2n) is 5.14. The van der Waals surface area contributed by atoms with Crippen molar-refractivity contribution in [3.8, 4) is 5.75 Å². The molecule has 1 aromatic carbocycles. The van der Waals surface area contributed by atoms with Crippen LogP contribution in [0.2, 0.25) is 0 Å². The van der Waals surface area contributed by atoms with Gasteiger partial charge in [0.2, 0.25) is 5.91 Å². The highest BCUT2D eigenvalue weighted by atomic mass is 16.5. The van der Waals surface area contributed by atoms with Gasteiger partial charge in [-0.3, -0.25) is 4.79 Å². The maximum absolute atomic E-state index is 11.2. The maximum Gasteiger partial charge on any atom is 0.221 e. The van der Waals surface area contributed by atoms with Gasteiger partial charge in [0, 0.05) is 26.1 Å². The van der Waals surface area contributed by atoms with Gasteiger partial charge in [0.05, 0.1) is 0 Å². The van der Waals surface area contributed by atoms with E-state index in [9.17, 15) is 9.90 Å². The maximum atomic E-state index is 11.2. The van der Waals surface area contributed by atoms with Crippen LogP contribution in [0.3, 0.4) is 0 Å². The molecule has 0 fully saturated rings. The number of aliphatic hydroxyl groups excluding tert-OH is 1. The molecule has 1 unspecified atom stereocenters. The van der Waals surface area contributed by atoms with Crippen LogP contribution < -0.4 is 15.4 Å². The lowest BCUT2D eigenvalue weighted by atomic mass is 10.1. The minimum Gasteiger partial charge on any atom is -0.491 e. The van der Waals surface area contributed by atoms with Gasteiger partial charge in [-0.2, -0.15) is 0 Å². The molecule has 1 rings (SSSR count). The molecule has 0 aliphatic rings. The van der Waals surface area contributed by atoms with Gasteiger partial charge in [-0.05, 0) is 38.0 Å². The number of aryl methyl sites for hydroxylation is 2. The fraction of sp³-hybridized carbons (Fsp3) is 0.562. The molecular weight excluding hydrogens is 268 g/mol. The summed E-state index contributed by atoms with van der Waals surface area (Å²) in [6.45, 7) is 7.71. The van der Waals surface area contributed by atoms with Crippen LogP contribution in [0.5, 0.6) is 5.75 Å². The number of hydrogen-bond donors (Lipinski definition) is 3. The lowest BCUT2D eigenvalue weighted by molar-refractivity contribution is -0.120. The largest absolute Gasteiger partial charge is 0.491 e. The summed E-state index contributed by atoms with van der Waals surface area (Å²) in [4.78, 5) is 11.2. The molecule has 5 nitrogen and oxygen atoms in total. The molecule has 0 heterocycles. The third kappa shape index (κ3) is 7.11. The van der Waals surface area contributed by atoms with E-state index < -0.39 is 6.10 Å². The zero-order chi connectivity index (χ0) is 15.7. The first-order valence-corrected chi connectivity index (χ1v) is 7.38. The highest BCUT2D eigenvalue weighted by Crippen LogP contribution is 2.19. The Labute approximate surface area is 126 Å². The molecule has 0 radical (unpaired) electrons. The third-order valence-electron chi connectivity index (χ3n) is 3.06. The lowest BCUT2D eigenvalue weighted by Crippen LogP contribution is -2.34. The molecule has 0 aromatic heterocycles. The Bertz CT molecular complexity index is 449. The van der Waals surface area contributed by atoms with E-state index in [2.05, 4.69) is 10.6 Å². The monoisotopic (exact) mass is 294 g/mol. The Morgan fingerprint density at radius 2 is 2.14 bits per heavy atom. The van der Waals surface area contributed by atoms with Crippen LogP contribution in [0.25, 0.3) is 0 Å². The van der Waals surface area contributed by atoms with Gasteiger partial charge in [0.1, 0.15) is 18.5 Å². The first-order valence-electron chi connectivity index (χ1n) is 7.38. The lowest BCUT2D eigenvalue weighted by Gasteiger charge is -2.15. The number of benzene rings is 1. The number of ether oxygens (including phenoxy) is 1. The number of hydrogen-bond acceptors (Lipinski definition) is 4. The van der Waals surface area contributed by atoms with Crippen molar-refractivity contribution in [2.24, 2.45) is 0 Å². The molecule has 21 heavy (non-hydrogen) atoms. The zero-order valence-electron chi connectivity index (χ0n) is 13.1. The quantitative estimate of drug-likeness (QED) is 0.598. The Kier molecular flexibility index (Phi) is 7.79. The summed E-state index contributed by atoms with van der Waals surface area (Å²) >= 11 is 0. The summed E-state index contributed by atoms with van der Waals surface area (Å²) in [5.74, 6) is 0.822. The minimum atomic E-state index is -0.598. The highest BCUT2D eigenvalue weighted by molar-refractivity contribution is 5.75. The number of carbonyl (C=O) groups is 1. The van der Waals surface area contributed by atoms with Crippen LogP contribution in [0.15, 0.2) is 18.2 Å². The standard InChI is InChI=1S/C16H26N2O3/c1-4-18-16(20)7-8-17-10-14(19)11-21-15-9-12(2)5-6-13(15)3/h5-6,9,14,17,19H,4,7-8,10-11H2,1-3H3,(H,18,20). The average Bonchev–Trinajstić information content (AvgIpc) is 2.45. The van der Waals surface area contributed by atoms with E-state index in [4.69, 9.17) is 4.74 Å². The Morgan fingerprint density at radius 3 is 2.86 bits per heavy atom. The molecular formula is C16H26N2O3. The molecule has 0 saturated carbocycles. The SMILES string of the molecule is CCNC(=O)CCNCC(O)COc1cc(C)ccc1C. The number of aliphatic hydroxyl groups is 1. The smallest absolute Gasteiger partial charge is 0.221 e. The van der Waals surface area contributed by atoms with Crippen molar-refractivity contribution in [2.75, 3.05) is 26.2 Å². The van der Waals surface area contributed by atoms with Crippen molar-refractivity contribution in [3.05, 3.63) is 29.3 Å². The van der Waals surface area contributed by atoms with Crippen molar-refractivity contribution in [1.82, 2.24) is 10.6 Å². The third-order valence-corrected chi connectivity index (χ3v) is 3.06. The van der Waals surface area contributed by atoms with Gasteiger partial charge in [-0.15, -0.1) is 0 Å². The topological polar surface area (TPSA) is 70.6 Å². The van der Waals surface area contributed by atoms with Gasteiger partial charge < -0.3 is 20.5 Å². The molecule has 1 amide bonds. The summed E-state index contributed by atoms with van der Waals surface area (Å²) in [6, 6.07) is 5.99. The molecule has 1 atom stereocenters. The molecule has 5 heteroatoms. The van der Waals surface area contributed by atoms with E-state index in [-0.39, 0.29) is 12.5 Å². The summed E-state index contributed by atoms with van der Waals surface area (Å²) < 4.78 is 5.63. The predicted octanol–water partition coefficient (Wildman–Crippen LogP) is 1.16. The van der Waals surface area contributed by atoms with Crippen molar-refractivity contribution in [2.45, 2.75) is 33.3 Å². The van der Waals surface area contributed by atoms with Crippen LogP contribution in [0, 0.1) is 13.8 Å². The van der Waals surface area contributed by atoms with Crippen LogP contribution in [-0.4, -0.2) is 43.4 Å². The first kappa shape index (κ1) is 17.5. The predicted molar refractivity (Wildman–Crippen MR) is 83.6 cm³/mol. The van der Waals surface area contributed by atoms with E-state index in [1.165, 1.54) is 0 Å². The normalized spacial score (nSPS) is 12.0. The molecule has 0 saturated heterocycles. The molecule has 1 aromatic rings. The van der Waals surface area contributed by atoms with Gasteiger partial charge in [0.15, 0.2) is 0 Å². The molecule has 3 N–H and O–H groups in total. The molecule has 118 valence electrons. The van der Waals surface area contributed by atoms with E-state index in [0.717, 1.165) is 16.9 Å². The van der Waals surface area contributed by atoms with Crippen molar-refractivity contribution >= 4 is 5.91 Å². The summed E-state index contributed by atoms with van der Waals surface area (Å²) in [5.41, 5.74) is 2.18. The number of rotatable bonds is 9. The molecule has 0 bridgehead atoms. The molecule has 0 spiro atoms. The van der Waals surface area contributed by atoms with E-state index in [1.807, 2.05) is 39.0 Å². The van der Waals surface area contributed by atoms with Crippen LogP contribution in [0.1, 0.15) is 24.5 Å². The highest BCUT2D eigenvalue weighted by Gasteiger charge is 2.07. The number of amides is 1. The Balaban J connectivity index is 2.20. The van der Waals surface area contributed by atoms with Crippen molar-refractivity contribution in [3.63, 3.8) is 0 Å². The Morgan fingerprint density at radius 1 is 1.38 bits per heavy atom. The summed E-state index contributed by atoms with van der Waals surface area (Å²) in [6.07, 6.45) is -0.183. The summed E-state index contributed by atoms with van der Waals surface area (Å²) in [7, 11) is 0. The van der Waals surface area contributed by atoms with Gasteiger partial charge in [-0.1, -0.05) is 12.1 Å². The van der Waals surface area contributed by atoms with E-state index in [1.54, 1.807) is 0 Å². The Hall–Kier alpha value is -1.59. The van der Waals surface area contributed by atoms with E-state index >= 15 is 0 Å². The van der Waals surface area contributed by atoms with Crippen LogP contribution >= 0.6 is 0 Å². The second-order valence-corrected chi connectivity index (χ2v) is 5.14. The average molecular weight is 294 g/mol. The summed E-state index contributed by atoms with van der Waals surface area (Å²) in [5, 5.41) is 15.6. The van der Waals surface area contributed by atoms with Gasteiger partial charge in [-0.25, -0.2) is 0 Å². The number of nitrogens with one attached hydrogen (secondary N) is 2. The van der Waals surface area contributed by atoms with Gasteiger partial charge >= 0.3 is 0 Å². The van der Waals surface area contributed by atoms with Crippen LogP contribution in [0.4, 0.5) is 0 Å². The second kappa shape index (κ2) is 9.37. The van der Waals surface area contributed by atoms with Crippen molar-refractivity contribution in [1.29, 1.82) is 0 Å². The molecule has 0 aliphatic carbocycles. The van der Waals surface area contributed by atoms with Crippen LogP contribution in [-0.2, 0) is 4.79 Å². The fourth-order valence-electron chi connectivity index (χ4n) is 1.86. The number of carbonyl (C=O) groups excluding carboxylic acids is 1. The minimum absolute atomic E-state index is 0.0196.